The van der Waals surface area contributed by atoms with Crippen LogP contribution in [-0.4, -0.2) is 22.7 Å². The van der Waals surface area contributed by atoms with Gasteiger partial charge < -0.3 is 14.6 Å². The number of carbonyl (C=O) groups is 1. The van der Waals surface area contributed by atoms with Crippen LogP contribution >= 0.6 is 12.8 Å². The van der Waals surface area contributed by atoms with E-state index in [2.05, 4.69) is 23.1 Å². The van der Waals surface area contributed by atoms with Crippen molar-refractivity contribution in [1.29, 1.82) is 0 Å². The average molecular weight is 360 g/mol. The fourth-order valence-corrected chi connectivity index (χ4v) is 2.80. The molecule has 0 saturated heterocycles. The number of fused-ring (bicyclic) bond motifs is 1. The maximum atomic E-state index is 13.5. The Morgan fingerprint density at radius 2 is 2.12 bits per heavy atom. The molecule has 0 atom stereocenters. The first-order valence-electron chi connectivity index (χ1n) is 7.48. The summed E-state index contributed by atoms with van der Waals surface area (Å²) in [6.07, 6.45) is 0. The minimum Gasteiger partial charge on any atom is -0.495 e. The number of anilines is 2. The molecule has 130 valence electrons. The number of hydrogen-bond donors (Lipinski definition) is 2. The normalized spacial score (nSPS) is 10.8. The summed E-state index contributed by atoms with van der Waals surface area (Å²) in [4.78, 5) is 17.0. The molecule has 3 aromatic rings. The zero-order valence-corrected chi connectivity index (χ0v) is 14.8. The van der Waals surface area contributed by atoms with Gasteiger partial charge in [-0.15, -0.1) is 0 Å². The van der Waals surface area contributed by atoms with Gasteiger partial charge in [-0.1, -0.05) is 18.9 Å². The summed E-state index contributed by atoms with van der Waals surface area (Å²) in [6, 6.07) is 8.76. The van der Waals surface area contributed by atoms with Crippen molar-refractivity contribution in [2.24, 2.45) is 7.05 Å². The molecule has 2 aromatic carbocycles. The fourth-order valence-electron chi connectivity index (χ4n) is 2.59. The molecule has 8 heteroatoms. The second-order valence-electron chi connectivity index (χ2n) is 5.45. The monoisotopic (exact) mass is 360 g/mol. The van der Waals surface area contributed by atoms with Crippen LogP contribution in [0.15, 0.2) is 36.4 Å². The Kier molecular flexibility index (Phi) is 4.54. The number of para-hydroxylation sites is 1. The molecule has 2 amide bonds. The summed E-state index contributed by atoms with van der Waals surface area (Å²) in [5, 5.41) is 2.61. The van der Waals surface area contributed by atoms with Gasteiger partial charge in [-0.25, -0.2) is 18.5 Å². The SMILES string of the molecule is COc1ccc(F)cc1NC(=O)N(S)c1cccc2nc(C)n(C)c12. The zero-order valence-electron chi connectivity index (χ0n) is 13.9. The number of nitrogens with one attached hydrogen (secondary N) is 1. The number of benzene rings is 2. The van der Waals surface area contributed by atoms with Crippen LogP contribution in [0, 0.1) is 12.7 Å². The molecule has 0 saturated carbocycles. The molecule has 0 spiro atoms. The number of aromatic nitrogens is 2. The van der Waals surface area contributed by atoms with E-state index in [4.69, 9.17) is 4.74 Å². The topological polar surface area (TPSA) is 59.4 Å². The first-order valence-corrected chi connectivity index (χ1v) is 7.88. The summed E-state index contributed by atoms with van der Waals surface area (Å²) in [5.74, 6) is 0.689. The van der Waals surface area contributed by atoms with E-state index in [1.54, 1.807) is 12.1 Å². The Morgan fingerprint density at radius 3 is 2.84 bits per heavy atom. The summed E-state index contributed by atoms with van der Waals surface area (Å²) < 4.78 is 21.7. The van der Waals surface area contributed by atoms with Crippen LogP contribution in [0.4, 0.5) is 20.6 Å². The van der Waals surface area contributed by atoms with Gasteiger partial charge >= 0.3 is 6.03 Å². The van der Waals surface area contributed by atoms with Crippen molar-refractivity contribution in [2.45, 2.75) is 6.92 Å². The molecule has 0 unspecified atom stereocenters. The van der Waals surface area contributed by atoms with Crippen LogP contribution in [0.25, 0.3) is 11.0 Å². The Labute approximate surface area is 149 Å². The van der Waals surface area contributed by atoms with Crippen LogP contribution in [0.3, 0.4) is 0 Å². The summed E-state index contributed by atoms with van der Waals surface area (Å²) >= 11 is 4.31. The first-order chi connectivity index (χ1) is 11.9. The molecule has 1 heterocycles. The van der Waals surface area contributed by atoms with Crippen LogP contribution in [0.5, 0.6) is 5.75 Å². The molecule has 1 aromatic heterocycles. The second kappa shape index (κ2) is 6.64. The van der Waals surface area contributed by atoms with E-state index in [0.29, 0.717) is 11.4 Å². The molecule has 0 aliphatic heterocycles. The summed E-state index contributed by atoms with van der Waals surface area (Å²) in [6.45, 7) is 1.88. The Balaban J connectivity index is 1.95. The van der Waals surface area contributed by atoms with E-state index in [1.165, 1.54) is 25.3 Å². The van der Waals surface area contributed by atoms with Crippen LogP contribution in [0.2, 0.25) is 0 Å². The van der Waals surface area contributed by atoms with Crippen LogP contribution in [0.1, 0.15) is 5.82 Å². The summed E-state index contributed by atoms with van der Waals surface area (Å²) in [7, 11) is 3.31. The fraction of sp³-hybridized carbons (Fsp3) is 0.176. The molecule has 25 heavy (non-hydrogen) atoms. The lowest BCUT2D eigenvalue weighted by molar-refractivity contribution is 0.260. The van der Waals surface area contributed by atoms with Gasteiger partial charge in [0.1, 0.15) is 17.4 Å². The van der Waals surface area contributed by atoms with Crippen molar-refractivity contribution in [2.75, 3.05) is 16.7 Å². The second-order valence-corrected chi connectivity index (χ2v) is 5.85. The number of hydrogen-bond acceptors (Lipinski definition) is 4. The van der Waals surface area contributed by atoms with Crippen molar-refractivity contribution in [1.82, 2.24) is 9.55 Å². The third kappa shape index (κ3) is 3.12. The van der Waals surface area contributed by atoms with E-state index in [1.807, 2.05) is 24.6 Å². The van der Waals surface area contributed by atoms with Crippen molar-refractivity contribution >= 4 is 41.3 Å². The number of rotatable bonds is 3. The number of methoxy groups -OCH3 is 1. The highest BCUT2D eigenvalue weighted by atomic mass is 32.1. The van der Waals surface area contributed by atoms with Gasteiger partial charge in [0.2, 0.25) is 0 Å². The Morgan fingerprint density at radius 1 is 1.36 bits per heavy atom. The lowest BCUT2D eigenvalue weighted by Crippen LogP contribution is -2.27. The molecule has 6 nitrogen and oxygen atoms in total. The number of aryl methyl sites for hydroxylation is 2. The minimum absolute atomic E-state index is 0.222. The highest BCUT2D eigenvalue weighted by Crippen LogP contribution is 2.30. The average Bonchev–Trinajstić information content (AvgIpc) is 2.89. The molecule has 0 radical (unpaired) electrons. The third-order valence-corrected chi connectivity index (χ3v) is 4.32. The lowest BCUT2D eigenvalue weighted by Gasteiger charge is -2.19. The van der Waals surface area contributed by atoms with Crippen LogP contribution < -0.4 is 14.4 Å². The molecule has 0 aliphatic carbocycles. The number of ether oxygens (including phenoxy) is 1. The molecule has 0 fully saturated rings. The number of urea groups is 1. The smallest absolute Gasteiger partial charge is 0.336 e. The Bertz CT molecular complexity index is 957. The summed E-state index contributed by atoms with van der Waals surface area (Å²) in [5.41, 5.74) is 2.32. The Hall–Kier alpha value is -2.74. The van der Waals surface area contributed by atoms with E-state index in [0.717, 1.165) is 21.2 Å². The quantitative estimate of drug-likeness (QED) is 0.696. The minimum atomic E-state index is -0.543. The van der Waals surface area contributed by atoms with Crippen molar-refractivity contribution in [3.05, 3.63) is 48.0 Å². The molecular formula is C17H17FN4O2S. The highest BCUT2D eigenvalue weighted by Gasteiger charge is 2.19. The van der Waals surface area contributed by atoms with E-state index in [-0.39, 0.29) is 5.69 Å². The number of thiol groups is 1. The van der Waals surface area contributed by atoms with Crippen molar-refractivity contribution < 1.29 is 13.9 Å². The van der Waals surface area contributed by atoms with Gasteiger partial charge in [0, 0.05) is 13.1 Å². The number of imidazole rings is 1. The molecule has 0 aliphatic rings. The number of amides is 2. The van der Waals surface area contributed by atoms with E-state index >= 15 is 0 Å². The van der Waals surface area contributed by atoms with Crippen molar-refractivity contribution in [3.8, 4) is 5.75 Å². The van der Waals surface area contributed by atoms with Gasteiger partial charge in [0.25, 0.3) is 0 Å². The van der Waals surface area contributed by atoms with Gasteiger partial charge in [-0.05, 0) is 31.2 Å². The van der Waals surface area contributed by atoms with E-state index < -0.39 is 11.8 Å². The zero-order chi connectivity index (χ0) is 18.1. The van der Waals surface area contributed by atoms with Gasteiger partial charge in [0.15, 0.2) is 0 Å². The molecule has 0 bridgehead atoms. The third-order valence-electron chi connectivity index (χ3n) is 3.92. The largest absolute Gasteiger partial charge is 0.495 e. The molecule has 1 N–H and O–H groups in total. The first kappa shape index (κ1) is 17.1. The predicted octanol–water partition coefficient (Wildman–Crippen LogP) is 3.91. The van der Waals surface area contributed by atoms with Gasteiger partial charge in [0.05, 0.1) is 29.5 Å². The number of halogens is 1. The van der Waals surface area contributed by atoms with Gasteiger partial charge in [-0.3, -0.25) is 0 Å². The standard InChI is InChI=1S/C17H17FN4O2S/c1-10-19-12-5-4-6-14(16(12)21(10)2)22(25)17(23)20-13-9-11(18)7-8-15(13)24-3/h4-9,25H,1-3H3,(H,20,23). The number of nitrogens with zero attached hydrogens (tertiary/aromatic N) is 3. The molecular weight excluding hydrogens is 343 g/mol. The maximum absolute atomic E-state index is 13.5. The lowest BCUT2D eigenvalue weighted by atomic mass is 10.2. The predicted molar refractivity (Wildman–Crippen MR) is 98.9 cm³/mol. The van der Waals surface area contributed by atoms with Crippen molar-refractivity contribution in [3.63, 3.8) is 0 Å². The molecule has 3 rings (SSSR count). The maximum Gasteiger partial charge on any atom is 0.336 e. The van der Waals surface area contributed by atoms with Gasteiger partial charge in [-0.2, -0.15) is 0 Å². The van der Waals surface area contributed by atoms with E-state index in [9.17, 15) is 9.18 Å². The highest BCUT2D eigenvalue weighted by molar-refractivity contribution is 7.82. The van der Waals surface area contributed by atoms with Crippen LogP contribution in [-0.2, 0) is 7.05 Å². The number of carbonyl (C=O) groups excluding carboxylic acids is 1.